The molecule has 0 aromatic carbocycles. The van der Waals surface area contributed by atoms with Crippen molar-refractivity contribution in [1.29, 1.82) is 0 Å². The van der Waals surface area contributed by atoms with Crippen LogP contribution in [0.3, 0.4) is 0 Å². The molecule has 0 atom stereocenters. The largest absolute Gasteiger partial charge is 0.383 e. The van der Waals surface area contributed by atoms with Gasteiger partial charge in [0, 0.05) is 26.7 Å². The third kappa shape index (κ3) is 7.02. The highest BCUT2D eigenvalue weighted by molar-refractivity contribution is 4.72. The summed E-state index contributed by atoms with van der Waals surface area (Å²) in [5, 5.41) is 0. The van der Waals surface area contributed by atoms with Crippen LogP contribution in [0.5, 0.6) is 0 Å². The molecule has 1 heterocycles. The van der Waals surface area contributed by atoms with Crippen LogP contribution in [0.1, 0.15) is 33.6 Å². The highest BCUT2D eigenvalue weighted by Crippen LogP contribution is 2.19. The molecule has 0 amide bonds. The summed E-state index contributed by atoms with van der Waals surface area (Å²) in [4.78, 5) is 5.15. The second-order valence-corrected chi connectivity index (χ2v) is 6.34. The molecule has 0 radical (unpaired) electrons. The lowest BCUT2D eigenvalue weighted by Crippen LogP contribution is -2.34. The van der Waals surface area contributed by atoms with Crippen molar-refractivity contribution in [3.63, 3.8) is 0 Å². The van der Waals surface area contributed by atoms with Crippen molar-refractivity contribution in [2.75, 3.05) is 53.0 Å². The molecule has 0 spiro atoms. The molecular formula is C14H30N2O. The summed E-state index contributed by atoms with van der Waals surface area (Å²) in [6, 6.07) is 0. The molecule has 3 heteroatoms. The molecule has 0 bridgehead atoms. The Morgan fingerprint density at radius 1 is 0.941 bits per heavy atom. The van der Waals surface area contributed by atoms with E-state index in [4.69, 9.17) is 4.74 Å². The quantitative estimate of drug-likeness (QED) is 0.734. The lowest BCUT2D eigenvalue weighted by molar-refractivity contribution is 0.148. The predicted molar refractivity (Wildman–Crippen MR) is 73.4 cm³/mol. The molecule has 1 aliphatic heterocycles. The van der Waals surface area contributed by atoms with Crippen molar-refractivity contribution >= 4 is 0 Å². The van der Waals surface area contributed by atoms with E-state index in [-0.39, 0.29) is 0 Å². The molecular weight excluding hydrogens is 212 g/mol. The molecule has 17 heavy (non-hydrogen) atoms. The fraction of sp³-hybridized carbons (Fsp3) is 1.00. The Kier molecular flexibility index (Phi) is 6.45. The van der Waals surface area contributed by atoms with Crippen LogP contribution >= 0.6 is 0 Å². The minimum absolute atomic E-state index is 0.460. The highest BCUT2D eigenvalue weighted by Gasteiger charge is 2.17. The summed E-state index contributed by atoms with van der Waals surface area (Å²) in [6.07, 6.45) is 2.60. The molecule has 0 unspecified atom stereocenters. The minimum Gasteiger partial charge on any atom is -0.383 e. The summed E-state index contributed by atoms with van der Waals surface area (Å²) in [6.45, 7) is 15.1. The van der Waals surface area contributed by atoms with Crippen LogP contribution in [-0.4, -0.2) is 62.8 Å². The van der Waals surface area contributed by atoms with E-state index in [9.17, 15) is 0 Å². The third-order valence-corrected chi connectivity index (χ3v) is 3.47. The lowest BCUT2D eigenvalue weighted by Gasteiger charge is -2.25. The van der Waals surface area contributed by atoms with Gasteiger partial charge in [-0.05, 0) is 37.9 Å². The second-order valence-electron chi connectivity index (χ2n) is 6.34. The van der Waals surface area contributed by atoms with Gasteiger partial charge in [0.05, 0.1) is 6.61 Å². The topological polar surface area (TPSA) is 15.7 Å². The van der Waals surface area contributed by atoms with E-state index in [1.54, 1.807) is 7.11 Å². The van der Waals surface area contributed by atoms with Gasteiger partial charge >= 0.3 is 0 Å². The van der Waals surface area contributed by atoms with Gasteiger partial charge in [0.25, 0.3) is 0 Å². The normalized spacial score (nSPS) is 20.5. The predicted octanol–water partition coefficient (Wildman–Crippen LogP) is 2.08. The molecule has 1 aliphatic rings. The summed E-state index contributed by atoms with van der Waals surface area (Å²) in [7, 11) is 1.79. The van der Waals surface area contributed by atoms with Crippen LogP contribution in [0.15, 0.2) is 0 Å². The van der Waals surface area contributed by atoms with Crippen LogP contribution in [0.4, 0.5) is 0 Å². The van der Waals surface area contributed by atoms with E-state index in [2.05, 4.69) is 30.6 Å². The van der Waals surface area contributed by atoms with Gasteiger partial charge in [-0.25, -0.2) is 0 Å². The number of nitrogens with zero attached hydrogens (tertiary/aromatic N) is 2. The first kappa shape index (κ1) is 14.9. The van der Waals surface area contributed by atoms with Gasteiger partial charge in [0.15, 0.2) is 0 Å². The number of rotatable bonds is 5. The number of hydrogen-bond donors (Lipinski definition) is 0. The number of ether oxygens (including phenoxy) is 1. The van der Waals surface area contributed by atoms with E-state index in [0.29, 0.717) is 5.41 Å². The van der Waals surface area contributed by atoms with Crippen LogP contribution in [-0.2, 0) is 4.74 Å². The monoisotopic (exact) mass is 242 g/mol. The first-order valence-electron chi connectivity index (χ1n) is 6.95. The Labute approximate surface area is 107 Å². The third-order valence-electron chi connectivity index (χ3n) is 3.47. The Morgan fingerprint density at radius 2 is 1.53 bits per heavy atom. The van der Waals surface area contributed by atoms with Gasteiger partial charge in [0.1, 0.15) is 0 Å². The van der Waals surface area contributed by atoms with Crippen LogP contribution in [0.2, 0.25) is 0 Å². The van der Waals surface area contributed by atoms with Crippen LogP contribution in [0.25, 0.3) is 0 Å². The van der Waals surface area contributed by atoms with Gasteiger partial charge < -0.3 is 9.64 Å². The zero-order chi connectivity index (χ0) is 12.7. The van der Waals surface area contributed by atoms with Gasteiger partial charge in [-0.3, -0.25) is 4.90 Å². The van der Waals surface area contributed by atoms with E-state index in [0.717, 1.165) is 13.2 Å². The lowest BCUT2D eigenvalue weighted by atomic mass is 9.92. The van der Waals surface area contributed by atoms with E-state index >= 15 is 0 Å². The zero-order valence-electron chi connectivity index (χ0n) is 12.2. The van der Waals surface area contributed by atoms with Crippen molar-refractivity contribution in [3.05, 3.63) is 0 Å². The molecule has 1 saturated heterocycles. The molecule has 0 aromatic rings. The first-order valence-corrected chi connectivity index (χ1v) is 6.95. The van der Waals surface area contributed by atoms with E-state index < -0.39 is 0 Å². The maximum absolute atomic E-state index is 5.15. The molecule has 0 N–H and O–H groups in total. The van der Waals surface area contributed by atoms with E-state index in [1.807, 2.05) is 0 Å². The SMILES string of the molecule is COCCN1CCCN(CCC(C)(C)C)CC1. The van der Waals surface area contributed by atoms with Gasteiger partial charge in [-0.15, -0.1) is 0 Å². The summed E-state index contributed by atoms with van der Waals surface area (Å²) in [5.41, 5.74) is 0.460. The average molecular weight is 242 g/mol. The zero-order valence-corrected chi connectivity index (χ0v) is 12.2. The Morgan fingerprint density at radius 3 is 2.06 bits per heavy atom. The van der Waals surface area contributed by atoms with Crippen LogP contribution < -0.4 is 0 Å². The van der Waals surface area contributed by atoms with Crippen molar-refractivity contribution in [2.24, 2.45) is 5.41 Å². The Hall–Kier alpha value is -0.120. The van der Waals surface area contributed by atoms with Crippen LogP contribution in [0, 0.1) is 5.41 Å². The standard InChI is InChI=1S/C14H30N2O/c1-14(2,3)6-9-15-7-5-8-16(11-10-15)12-13-17-4/h5-13H2,1-4H3. The Bertz CT molecular complexity index is 201. The fourth-order valence-corrected chi connectivity index (χ4v) is 2.19. The van der Waals surface area contributed by atoms with Crippen molar-refractivity contribution < 1.29 is 4.74 Å². The molecule has 3 nitrogen and oxygen atoms in total. The molecule has 102 valence electrons. The smallest absolute Gasteiger partial charge is 0.0589 e. The van der Waals surface area contributed by atoms with Crippen molar-refractivity contribution in [2.45, 2.75) is 33.6 Å². The van der Waals surface area contributed by atoms with Crippen molar-refractivity contribution in [3.8, 4) is 0 Å². The highest BCUT2D eigenvalue weighted by atomic mass is 16.5. The maximum Gasteiger partial charge on any atom is 0.0589 e. The number of methoxy groups -OCH3 is 1. The average Bonchev–Trinajstić information content (AvgIpc) is 2.48. The van der Waals surface area contributed by atoms with Gasteiger partial charge in [-0.2, -0.15) is 0 Å². The minimum atomic E-state index is 0.460. The van der Waals surface area contributed by atoms with Gasteiger partial charge in [-0.1, -0.05) is 20.8 Å². The first-order chi connectivity index (χ1) is 8.01. The summed E-state index contributed by atoms with van der Waals surface area (Å²) >= 11 is 0. The second kappa shape index (κ2) is 7.34. The fourth-order valence-electron chi connectivity index (χ4n) is 2.19. The number of hydrogen-bond acceptors (Lipinski definition) is 3. The molecule has 0 saturated carbocycles. The summed E-state index contributed by atoms with van der Waals surface area (Å²) in [5.74, 6) is 0. The van der Waals surface area contributed by atoms with E-state index in [1.165, 1.54) is 45.6 Å². The Balaban J connectivity index is 2.22. The molecule has 0 aliphatic carbocycles. The maximum atomic E-state index is 5.15. The molecule has 1 fully saturated rings. The summed E-state index contributed by atoms with van der Waals surface area (Å²) < 4.78 is 5.15. The van der Waals surface area contributed by atoms with Crippen molar-refractivity contribution in [1.82, 2.24) is 9.80 Å². The molecule has 1 rings (SSSR count). The molecule has 0 aromatic heterocycles. The van der Waals surface area contributed by atoms with Gasteiger partial charge in [0.2, 0.25) is 0 Å².